The van der Waals surface area contributed by atoms with Crippen LogP contribution >= 0.6 is 11.8 Å². The van der Waals surface area contributed by atoms with Crippen molar-refractivity contribution >= 4 is 17.7 Å². The molecule has 2 atom stereocenters. The molecule has 0 radical (unpaired) electrons. The van der Waals surface area contributed by atoms with Crippen LogP contribution in [-0.4, -0.2) is 36.2 Å². The van der Waals surface area contributed by atoms with E-state index in [1.807, 2.05) is 25.6 Å². The van der Waals surface area contributed by atoms with Crippen LogP contribution in [0.4, 0.5) is 0 Å². The summed E-state index contributed by atoms with van der Waals surface area (Å²) in [6, 6.07) is 0.382. The minimum Gasteiger partial charge on any atom is -0.378 e. The predicted molar refractivity (Wildman–Crippen MR) is 73.4 cm³/mol. The Morgan fingerprint density at radius 3 is 2.88 bits per heavy atom. The van der Waals surface area contributed by atoms with Gasteiger partial charge in [-0.2, -0.15) is 11.8 Å². The van der Waals surface area contributed by atoms with E-state index in [2.05, 4.69) is 11.6 Å². The van der Waals surface area contributed by atoms with Crippen molar-refractivity contribution in [1.29, 1.82) is 0 Å². The van der Waals surface area contributed by atoms with Crippen LogP contribution in [0, 0.1) is 0 Å². The van der Waals surface area contributed by atoms with Gasteiger partial charge in [-0.25, -0.2) is 0 Å². The van der Waals surface area contributed by atoms with Crippen molar-refractivity contribution in [2.24, 2.45) is 0 Å². The Morgan fingerprint density at radius 1 is 1.47 bits per heavy atom. The third kappa shape index (κ3) is 6.32. The van der Waals surface area contributed by atoms with Gasteiger partial charge in [0, 0.05) is 17.7 Å². The summed E-state index contributed by atoms with van der Waals surface area (Å²) in [6.45, 7) is 4.51. The number of amides is 1. The molecule has 0 bridgehead atoms. The molecule has 1 amide bonds. The average Bonchev–Trinajstić information content (AvgIpc) is 2.28. The zero-order valence-electron chi connectivity index (χ0n) is 11.2. The first-order valence-corrected chi connectivity index (χ1v) is 7.84. The zero-order valence-corrected chi connectivity index (χ0v) is 12.0. The van der Waals surface area contributed by atoms with Crippen LogP contribution in [0.2, 0.25) is 0 Å². The molecule has 0 aromatic rings. The fourth-order valence-corrected chi connectivity index (χ4v) is 3.00. The van der Waals surface area contributed by atoms with Crippen molar-refractivity contribution in [1.82, 2.24) is 5.32 Å². The van der Waals surface area contributed by atoms with E-state index >= 15 is 0 Å². The van der Waals surface area contributed by atoms with Crippen LogP contribution in [0.5, 0.6) is 0 Å². The molecule has 1 N–H and O–H groups in total. The second-order valence-corrected chi connectivity index (χ2v) is 6.10. The number of hydrogen-bond donors (Lipinski definition) is 1. The maximum absolute atomic E-state index is 11.7. The number of ether oxygens (including phenoxy) is 1. The zero-order chi connectivity index (χ0) is 12.7. The molecule has 0 heterocycles. The Hall–Kier alpha value is -0.220. The molecule has 1 rings (SSSR count). The number of carbonyl (C=O) groups is 1. The van der Waals surface area contributed by atoms with Gasteiger partial charge in [-0.15, -0.1) is 0 Å². The third-order valence-corrected chi connectivity index (χ3v) is 4.20. The van der Waals surface area contributed by atoms with E-state index in [-0.39, 0.29) is 12.0 Å². The molecule has 0 unspecified atom stereocenters. The predicted octanol–water partition coefficient (Wildman–Crippen LogP) is 2.59. The van der Waals surface area contributed by atoms with E-state index in [1.54, 1.807) is 0 Å². The number of carbonyl (C=O) groups excluding carboxylic acids is 1. The van der Waals surface area contributed by atoms with Gasteiger partial charge in [0.1, 0.15) is 0 Å². The normalized spacial score (nSPS) is 24.9. The lowest BCUT2D eigenvalue weighted by Gasteiger charge is -2.28. The summed E-state index contributed by atoms with van der Waals surface area (Å²) < 4.78 is 5.38. The Kier molecular flexibility index (Phi) is 6.97. The van der Waals surface area contributed by atoms with E-state index in [0.717, 1.165) is 18.1 Å². The van der Waals surface area contributed by atoms with Crippen molar-refractivity contribution in [2.45, 2.75) is 63.3 Å². The Labute approximate surface area is 109 Å². The average molecular weight is 259 g/mol. The second-order valence-electron chi connectivity index (χ2n) is 4.96. The molecule has 1 aliphatic rings. The minimum absolute atomic E-state index is 0.136. The van der Waals surface area contributed by atoms with Crippen LogP contribution in [0.25, 0.3) is 0 Å². The summed E-state index contributed by atoms with van der Waals surface area (Å²) in [4.78, 5) is 11.7. The fourth-order valence-electron chi connectivity index (χ4n) is 2.18. The number of hydrogen-bond acceptors (Lipinski definition) is 3. The first-order valence-electron chi connectivity index (χ1n) is 6.55. The maximum Gasteiger partial charge on any atom is 0.222 e. The van der Waals surface area contributed by atoms with Gasteiger partial charge < -0.3 is 10.1 Å². The molecule has 100 valence electrons. The molecule has 0 aliphatic heterocycles. The van der Waals surface area contributed by atoms with Gasteiger partial charge in [0.25, 0.3) is 0 Å². The van der Waals surface area contributed by atoms with E-state index in [0.29, 0.717) is 19.1 Å². The number of rotatable bonds is 6. The minimum atomic E-state index is 0.136. The summed E-state index contributed by atoms with van der Waals surface area (Å²) in [5.74, 6) is 0.136. The van der Waals surface area contributed by atoms with Crippen molar-refractivity contribution in [3.05, 3.63) is 0 Å². The summed E-state index contributed by atoms with van der Waals surface area (Å²) in [7, 11) is 0. The highest BCUT2D eigenvalue weighted by atomic mass is 32.2. The maximum atomic E-state index is 11.7. The molecule has 17 heavy (non-hydrogen) atoms. The topological polar surface area (TPSA) is 38.3 Å². The monoisotopic (exact) mass is 259 g/mol. The van der Waals surface area contributed by atoms with Gasteiger partial charge >= 0.3 is 0 Å². The summed E-state index contributed by atoms with van der Waals surface area (Å²) in [5.41, 5.74) is 0. The largest absolute Gasteiger partial charge is 0.378 e. The van der Waals surface area contributed by atoms with Crippen molar-refractivity contribution in [3.8, 4) is 0 Å². The van der Waals surface area contributed by atoms with Gasteiger partial charge in [0.2, 0.25) is 5.91 Å². The number of nitrogens with one attached hydrogen (secondary N) is 1. The lowest BCUT2D eigenvalue weighted by Crippen LogP contribution is -2.39. The van der Waals surface area contributed by atoms with Crippen LogP contribution in [-0.2, 0) is 9.53 Å². The molecule has 1 saturated carbocycles. The van der Waals surface area contributed by atoms with Crippen molar-refractivity contribution < 1.29 is 9.53 Å². The van der Waals surface area contributed by atoms with E-state index in [1.165, 1.54) is 12.8 Å². The molecule has 1 aliphatic carbocycles. The molecule has 0 aromatic carbocycles. The first kappa shape index (κ1) is 14.8. The second kappa shape index (κ2) is 7.98. The summed E-state index contributed by atoms with van der Waals surface area (Å²) >= 11 is 1.92. The van der Waals surface area contributed by atoms with Crippen LogP contribution < -0.4 is 5.32 Å². The highest BCUT2D eigenvalue weighted by Gasteiger charge is 2.22. The highest BCUT2D eigenvalue weighted by Crippen LogP contribution is 2.26. The molecule has 3 nitrogen and oxygen atoms in total. The van der Waals surface area contributed by atoms with Gasteiger partial charge in [-0.1, -0.05) is 6.42 Å². The molecule has 0 saturated heterocycles. The van der Waals surface area contributed by atoms with Crippen LogP contribution in [0.15, 0.2) is 0 Å². The lowest BCUT2D eigenvalue weighted by molar-refractivity contribution is -0.123. The Morgan fingerprint density at radius 2 is 2.24 bits per heavy atom. The van der Waals surface area contributed by atoms with Gasteiger partial charge in [0.05, 0.1) is 12.7 Å². The third-order valence-electron chi connectivity index (χ3n) is 3.10. The van der Waals surface area contributed by atoms with Gasteiger partial charge in [-0.05, 0) is 39.4 Å². The molecule has 4 heteroatoms. The fraction of sp³-hybridized carbons (Fsp3) is 0.923. The SMILES string of the molecule is CS[C@@H]1CCC[C@@H](NC(=O)CCOC(C)C)C1. The van der Waals surface area contributed by atoms with Gasteiger partial charge in [0.15, 0.2) is 0 Å². The van der Waals surface area contributed by atoms with Crippen molar-refractivity contribution in [3.63, 3.8) is 0 Å². The Bertz CT molecular complexity index is 233. The van der Waals surface area contributed by atoms with E-state index in [4.69, 9.17) is 4.74 Å². The van der Waals surface area contributed by atoms with E-state index in [9.17, 15) is 4.79 Å². The standard InChI is InChI=1S/C13H25NO2S/c1-10(2)16-8-7-13(15)14-11-5-4-6-12(9-11)17-3/h10-12H,4-9H2,1-3H3,(H,14,15)/t11-,12-/m1/s1. The van der Waals surface area contributed by atoms with Crippen molar-refractivity contribution in [2.75, 3.05) is 12.9 Å². The molecule has 0 spiro atoms. The highest BCUT2D eigenvalue weighted by molar-refractivity contribution is 7.99. The van der Waals surface area contributed by atoms with Crippen LogP contribution in [0.3, 0.4) is 0 Å². The summed E-state index contributed by atoms with van der Waals surface area (Å²) in [6.07, 6.45) is 7.64. The van der Waals surface area contributed by atoms with Crippen LogP contribution in [0.1, 0.15) is 46.0 Å². The molecule has 0 aromatic heterocycles. The smallest absolute Gasteiger partial charge is 0.222 e. The van der Waals surface area contributed by atoms with Gasteiger partial charge in [-0.3, -0.25) is 4.79 Å². The molecule has 1 fully saturated rings. The Balaban J connectivity index is 2.17. The first-order chi connectivity index (χ1) is 8.11. The molecular formula is C13H25NO2S. The molecular weight excluding hydrogens is 234 g/mol. The summed E-state index contributed by atoms with van der Waals surface area (Å²) in [5, 5.41) is 3.85. The lowest BCUT2D eigenvalue weighted by atomic mass is 9.95. The number of thioether (sulfide) groups is 1. The van der Waals surface area contributed by atoms with E-state index < -0.39 is 0 Å². The quantitative estimate of drug-likeness (QED) is 0.797.